The zero-order valence-corrected chi connectivity index (χ0v) is 13.5. The van der Waals surface area contributed by atoms with Crippen molar-refractivity contribution in [3.8, 4) is 17.0 Å². The van der Waals surface area contributed by atoms with Crippen molar-refractivity contribution >= 4 is 27.5 Å². The number of phenolic OH excluding ortho intramolecular Hbond substituents is 1. The van der Waals surface area contributed by atoms with Crippen molar-refractivity contribution in [2.75, 3.05) is 7.11 Å². The van der Waals surface area contributed by atoms with E-state index in [4.69, 9.17) is 4.74 Å². The van der Waals surface area contributed by atoms with Gasteiger partial charge in [-0.3, -0.25) is 0 Å². The van der Waals surface area contributed by atoms with E-state index in [1.165, 1.54) is 11.6 Å². The highest BCUT2D eigenvalue weighted by atomic mass is 79.9. The lowest BCUT2D eigenvalue weighted by molar-refractivity contribution is 0.0590. The lowest BCUT2D eigenvalue weighted by Crippen LogP contribution is -2.10. The van der Waals surface area contributed by atoms with E-state index in [0.29, 0.717) is 27.1 Å². The molecular formula is C15H12BrN3O3. The average molecular weight is 362 g/mol. The van der Waals surface area contributed by atoms with Crippen molar-refractivity contribution in [2.24, 2.45) is 0 Å². The molecule has 0 unspecified atom stereocenters. The number of ether oxygens (including phenoxy) is 1. The Morgan fingerprint density at radius 2 is 2.09 bits per heavy atom. The number of hydrogen-bond donors (Lipinski definition) is 1. The van der Waals surface area contributed by atoms with Gasteiger partial charge in [-0.2, -0.15) is 5.10 Å². The summed E-state index contributed by atoms with van der Waals surface area (Å²) in [4.78, 5) is 16.5. The number of aryl methyl sites for hydroxylation is 1. The highest BCUT2D eigenvalue weighted by molar-refractivity contribution is 9.10. The van der Waals surface area contributed by atoms with E-state index in [2.05, 4.69) is 26.0 Å². The highest BCUT2D eigenvalue weighted by Gasteiger charge is 2.19. The number of carbonyl (C=O) groups excluding carboxylic acids is 1. The number of aromatic nitrogens is 3. The van der Waals surface area contributed by atoms with Gasteiger partial charge in [0, 0.05) is 5.56 Å². The molecule has 2 aromatic heterocycles. The Hall–Kier alpha value is -2.41. The second kappa shape index (κ2) is 5.42. The molecule has 6 nitrogen and oxygen atoms in total. The van der Waals surface area contributed by atoms with Gasteiger partial charge >= 0.3 is 5.97 Å². The lowest BCUT2D eigenvalue weighted by Gasteiger charge is -2.08. The third-order valence-electron chi connectivity index (χ3n) is 3.27. The first-order valence-corrected chi connectivity index (χ1v) is 7.24. The minimum Gasteiger partial charge on any atom is -0.507 e. The van der Waals surface area contributed by atoms with E-state index in [1.807, 2.05) is 0 Å². The maximum absolute atomic E-state index is 12.0. The van der Waals surface area contributed by atoms with Crippen LogP contribution in [0.15, 0.2) is 34.8 Å². The summed E-state index contributed by atoms with van der Waals surface area (Å²) in [5, 5.41) is 14.3. The van der Waals surface area contributed by atoms with Gasteiger partial charge < -0.3 is 9.84 Å². The zero-order chi connectivity index (χ0) is 15.9. The van der Waals surface area contributed by atoms with Crippen LogP contribution in [0.5, 0.6) is 5.75 Å². The summed E-state index contributed by atoms with van der Waals surface area (Å²) in [7, 11) is 1.31. The van der Waals surface area contributed by atoms with E-state index < -0.39 is 5.97 Å². The number of fused-ring (bicyclic) bond motifs is 1. The Morgan fingerprint density at radius 1 is 1.36 bits per heavy atom. The molecule has 1 N–H and O–H groups in total. The van der Waals surface area contributed by atoms with E-state index >= 15 is 0 Å². The number of rotatable bonds is 2. The standard InChI is InChI=1S/C15H12BrN3O3/c1-8-13(16)14-17-10(9-5-3-4-6-12(9)20)7-11(15(21)22-2)19(14)18-8/h3-7,20H,1-2H3. The van der Waals surface area contributed by atoms with Gasteiger partial charge in [0.25, 0.3) is 0 Å². The molecule has 0 bridgehead atoms. The van der Waals surface area contributed by atoms with Crippen LogP contribution in [0.2, 0.25) is 0 Å². The molecule has 0 radical (unpaired) electrons. The number of phenols is 1. The molecule has 0 spiro atoms. The van der Waals surface area contributed by atoms with Crippen LogP contribution in [0.1, 0.15) is 16.2 Å². The van der Waals surface area contributed by atoms with Gasteiger partial charge in [0.1, 0.15) is 5.75 Å². The number of esters is 1. The molecule has 0 saturated carbocycles. The molecule has 22 heavy (non-hydrogen) atoms. The van der Waals surface area contributed by atoms with Gasteiger partial charge in [-0.25, -0.2) is 14.3 Å². The first kappa shape index (κ1) is 14.5. The van der Waals surface area contributed by atoms with Crippen LogP contribution in [0.4, 0.5) is 0 Å². The van der Waals surface area contributed by atoms with E-state index in [-0.39, 0.29) is 11.4 Å². The molecule has 3 rings (SSSR count). The summed E-state index contributed by atoms with van der Waals surface area (Å²) in [6.45, 7) is 1.81. The maximum atomic E-state index is 12.0. The molecule has 0 aliphatic heterocycles. The van der Waals surface area contributed by atoms with Crippen molar-refractivity contribution < 1.29 is 14.6 Å². The van der Waals surface area contributed by atoms with Crippen molar-refractivity contribution in [1.82, 2.24) is 14.6 Å². The molecule has 112 valence electrons. The molecule has 0 aliphatic rings. The molecule has 0 atom stereocenters. The second-order valence-electron chi connectivity index (χ2n) is 4.67. The summed E-state index contributed by atoms with van der Waals surface area (Å²) >= 11 is 3.42. The molecule has 0 aliphatic carbocycles. The largest absolute Gasteiger partial charge is 0.507 e. The van der Waals surface area contributed by atoms with Crippen molar-refractivity contribution in [1.29, 1.82) is 0 Å². The fraction of sp³-hybridized carbons (Fsp3) is 0.133. The zero-order valence-electron chi connectivity index (χ0n) is 11.9. The molecule has 2 heterocycles. The number of methoxy groups -OCH3 is 1. The van der Waals surface area contributed by atoms with Crippen LogP contribution < -0.4 is 0 Å². The van der Waals surface area contributed by atoms with Crippen LogP contribution in [0.25, 0.3) is 16.9 Å². The van der Waals surface area contributed by atoms with E-state index in [9.17, 15) is 9.90 Å². The fourth-order valence-electron chi connectivity index (χ4n) is 2.18. The Morgan fingerprint density at radius 3 is 2.77 bits per heavy atom. The number of nitrogens with zero attached hydrogens (tertiary/aromatic N) is 3. The average Bonchev–Trinajstić information content (AvgIpc) is 2.81. The number of halogens is 1. The Labute approximate surface area is 134 Å². The monoisotopic (exact) mass is 361 g/mol. The highest BCUT2D eigenvalue weighted by Crippen LogP contribution is 2.30. The van der Waals surface area contributed by atoms with E-state index in [1.54, 1.807) is 37.3 Å². The predicted octanol–water partition coefficient (Wildman–Crippen LogP) is 2.96. The predicted molar refractivity (Wildman–Crippen MR) is 83.9 cm³/mol. The minimum atomic E-state index is -0.529. The van der Waals surface area contributed by atoms with Crippen LogP contribution in [0.3, 0.4) is 0 Å². The topological polar surface area (TPSA) is 76.7 Å². The Kier molecular flexibility index (Phi) is 3.58. The molecule has 0 amide bonds. The Bertz CT molecular complexity index is 889. The number of carbonyl (C=O) groups is 1. The summed E-state index contributed by atoms with van der Waals surface area (Å²) < 4.78 is 6.92. The maximum Gasteiger partial charge on any atom is 0.356 e. The first-order chi connectivity index (χ1) is 10.5. The van der Waals surface area contributed by atoms with Crippen molar-refractivity contribution in [3.63, 3.8) is 0 Å². The number of benzene rings is 1. The van der Waals surface area contributed by atoms with Gasteiger partial charge in [0.2, 0.25) is 0 Å². The summed E-state index contributed by atoms with van der Waals surface area (Å²) in [5.74, 6) is -0.443. The molecule has 0 saturated heterocycles. The minimum absolute atomic E-state index is 0.0857. The van der Waals surface area contributed by atoms with Gasteiger partial charge in [-0.05, 0) is 41.1 Å². The molecule has 0 fully saturated rings. The second-order valence-corrected chi connectivity index (χ2v) is 5.46. The molecule has 3 aromatic rings. The summed E-state index contributed by atoms with van der Waals surface area (Å²) in [6.07, 6.45) is 0. The third kappa shape index (κ3) is 2.23. The quantitative estimate of drug-likeness (QED) is 0.710. The number of hydrogen-bond acceptors (Lipinski definition) is 5. The normalized spacial score (nSPS) is 10.9. The summed E-state index contributed by atoms with van der Waals surface area (Å²) in [5.41, 5.74) is 2.41. The van der Waals surface area contributed by atoms with Crippen LogP contribution in [-0.2, 0) is 4.74 Å². The van der Waals surface area contributed by atoms with Gasteiger partial charge in [0.15, 0.2) is 11.3 Å². The molecule has 7 heteroatoms. The fourth-order valence-corrected chi connectivity index (χ4v) is 2.51. The van der Waals surface area contributed by atoms with Crippen LogP contribution in [-0.4, -0.2) is 32.8 Å². The summed E-state index contributed by atoms with van der Waals surface area (Å²) in [6, 6.07) is 8.35. The Balaban J connectivity index is 2.36. The molecular weight excluding hydrogens is 350 g/mol. The third-order valence-corrected chi connectivity index (χ3v) is 4.20. The first-order valence-electron chi connectivity index (χ1n) is 6.45. The number of aromatic hydroxyl groups is 1. The van der Waals surface area contributed by atoms with Crippen molar-refractivity contribution in [2.45, 2.75) is 6.92 Å². The lowest BCUT2D eigenvalue weighted by atomic mass is 10.1. The van der Waals surface area contributed by atoms with Crippen molar-refractivity contribution in [3.05, 3.63) is 46.2 Å². The molecule has 1 aromatic carbocycles. The van der Waals surface area contributed by atoms with Crippen LogP contribution in [0, 0.1) is 6.92 Å². The van der Waals surface area contributed by atoms with Crippen LogP contribution >= 0.6 is 15.9 Å². The number of para-hydroxylation sites is 1. The van der Waals surface area contributed by atoms with Gasteiger partial charge in [-0.1, -0.05) is 12.1 Å². The van der Waals surface area contributed by atoms with Gasteiger partial charge in [-0.15, -0.1) is 0 Å². The SMILES string of the molecule is COC(=O)c1cc(-c2ccccc2O)nc2c(Br)c(C)nn12. The van der Waals surface area contributed by atoms with E-state index in [0.717, 1.165) is 0 Å². The van der Waals surface area contributed by atoms with Gasteiger partial charge in [0.05, 0.1) is 23.0 Å². The smallest absolute Gasteiger partial charge is 0.356 e.